The second kappa shape index (κ2) is 6.72. The molecule has 2 heterocycles. The highest BCUT2D eigenvalue weighted by atomic mass is 19.1. The fourth-order valence-corrected chi connectivity index (χ4v) is 4.85. The molecule has 0 aromatic heterocycles. The normalized spacial score (nSPS) is 26.1. The van der Waals surface area contributed by atoms with Gasteiger partial charge in [-0.2, -0.15) is 0 Å². The molecule has 1 aliphatic carbocycles. The SMILES string of the molecule is O[C@H]1c2ccc(F)cc2C[C@@H]1N1CCC(O)(c2cccc3c2OCCO3)CC1. The fourth-order valence-electron chi connectivity index (χ4n) is 4.85. The van der Waals surface area contributed by atoms with E-state index in [0.29, 0.717) is 57.1 Å². The molecular formula is C22H24FNO4. The van der Waals surface area contributed by atoms with E-state index in [4.69, 9.17) is 9.47 Å². The molecule has 148 valence electrons. The van der Waals surface area contributed by atoms with Crippen LogP contribution in [0, 0.1) is 5.82 Å². The molecule has 0 radical (unpaired) electrons. The Morgan fingerprint density at radius 2 is 1.86 bits per heavy atom. The van der Waals surface area contributed by atoms with Gasteiger partial charge >= 0.3 is 0 Å². The molecule has 6 heteroatoms. The van der Waals surface area contributed by atoms with Crippen molar-refractivity contribution in [3.05, 3.63) is 58.9 Å². The molecule has 0 saturated carbocycles. The predicted octanol–water partition coefficient (Wildman–Crippen LogP) is 2.54. The molecule has 2 aromatic rings. The number of fused-ring (bicyclic) bond motifs is 2. The summed E-state index contributed by atoms with van der Waals surface area (Å²) < 4.78 is 25.0. The summed E-state index contributed by atoms with van der Waals surface area (Å²) in [5, 5.41) is 22.1. The average Bonchev–Trinajstić information content (AvgIpc) is 3.04. The summed E-state index contributed by atoms with van der Waals surface area (Å²) in [7, 11) is 0. The lowest BCUT2D eigenvalue weighted by atomic mass is 9.83. The van der Waals surface area contributed by atoms with Crippen LogP contribution < -0.4 is 9.47 Å². The Kier molecular flexibility index (Phi) is 4.30. The third-order valence-corrected chi connectivity index (χ3v) is 6.38. The summed E-state index contributed by atoms with van der Waals surface area (Å²) in [5.41, 5.74) is 1.49. The number of halogens is 1. The number of likely N-dealkylation sites (tertiary alicyclic amines) is 1. The maximum Gasteiger partial charge on any atom is 0.167 e. The number of hydrogen-bond acceptors (Lipinski definition) is 5. The lowest BCUT2D eigenvalue weighted by Crippen LogP contribution is -2.48. The second-order valence-electron chi connectivity index (χ2n) is 7.96. The largest absolute Gasteiger partial charge is 0.486 e. The summed E-state index contributed by atoms with van der Waals surface area (Å²) in [5.74, 6) is 1.06. The molecule has 5 nitrogen and oxygen atoms in total. The maximum atomic E-state index is 13.5. The molecule has 0 bridgehead atoms. The van der Waals surface area contributed by atoms with Crippen LogP contribution in [-0.4, -0.2) is 47.5 Å². The maximum absolute atomic E-state index is 13.5. The second-order valence-corrected chi connectivity index (χ2v) is 7.96. The van der Waals surface area contributed by atoms with Crippen LogP contribution >= 0.6 is 0 Å². The first-order valence-corrected chi connectivity index (χ1v) is 9.87. The van der Waals surface area contributed by atoms with Crippen molar-refractivity contribution >= 4 is 0 Å². The third-order valence-electron chi connectivity index (χ3n) is 6.38. The van der Waals surface area contributed by atoms with Crippen LogP contribution in [-0.2, 0) is 12.0 Å². The number of aliphatic hydroxyl groups excluding tert-OH is 1. The van der Waals surface area contributed by atoms with Crippen molar-refractivity contribution in [2.45, 2.75) is 37.0 Å². The van der Waals surface area contributed by atoms with E-state index in [1.165, 1.54) is 12.1 Å². The molecule has 1 fully saturated rings. The number of aliphatic hydroxyl groups is 2. The van der Waals surface area contributed by atoms with Gasteiger partial charge in [0.15, 0.2) is 11.5 Å². The van der Waals surface area contributed by atoms with Gasteiger partial charge in [-0.1, -0.05) is 18.2 Å². The first-order valence-electron chi connectivity index (χ1n) is 9.87. The van der Waals surface area contributed by atoms with Gasteiger partial charge in [0.1, 0.15) is 19.0 Å². The Bertz CT molecular complexity index is 894. The predicted molar refractivity (Wildman–Crippen MR) is 101 cm³/mol. The fraction of sp³-hybridized carbons (Fsp3) is 0.455. The van der Waals surface area contributed by atoms with E-state index in [1.54, 1.807) is 6.07 Å². The Balaban J connectivity index is 1.33. The Labute approximate surface area is 163 Å². The van der Waals surface area contributed by atoms with E-state index in [1.807, 2.05) is 18.2 Å². The molecule has 2 aromatic carbocycles. The van der Waals surface area contributed by atoms with Crippen LogP contribution in [0.3, 0.4) is 0 Å². The first kappa shape index (κ1) is 17.9. The Morgan fingerprint density at radius 1 is 1.07 bits per heavy atom. The molecule has 2 aliphatic heterocycles. The van der Waals surface area contributed by atoms with E-state index in [0.717, 1.165) is 16.7 Å². The average molecular weight is 385 g/mol. The van der Waals surface area contributed by atoms with Crippen molar-refractivity contribution in [1.29, 1.82) is 0 Å². The van der Waals surface area contributed by atoms with Crippen molar-refractivity contribution in [3.63, 3.8) is 0 Å². The van der Waals surface area contributed by atoms with E-state index >= 15 is 0 Å². The smallest absolute Gasteiger partial charge is 0.167 e. The number of para-hydroxylation sites is 1. The highest BCUT2D eigenvalue weighted by Gasteiger charge is 2.42. The highest BCUT2D eigenvalue weighted by Crippen LogP contribution is 2.45. The van der Waals surface area contributed by atoms with Crippen LogP contribution in [0.5, 0.6) is 11.5 Å². The van der Waals surface area contributed by atoms with E-state index in [2.05, 4.69) is 4.90 Å². The molecule has 0 spiro atoms. The number of nitrogens with zero attached hydrogens (tertiary/aromatic N) is 1. The minimum absolute atomic E-state index is 0.0781. The molecular weight excluding hydrogens is 361 g/mol. The summed E-state index contributed by atoms with van der Waals surface area (Å²) in [4.78, 5) is 2.21. The molecule has 2 N–H and O–H groups in total. The summed E-state index contributed by atoms with van der Waals surface area (Å²) in [6.45, 7) is 2.30. The van der Waals surface area contributed by atoms with Crippen LogP contribution in [0.4, 0.5) is 4.39 Å². The van der Waals surface area contributed by atoms with E-state index < -0.39 is 11.7 Å². The molecule has 0 unspecified atom stereocenters. The minimum Gasteiger partial charge on any atom is -0.486 e. The summed E-state index contributed by atoms with van der Waals surface area (Å²) in [6, 6.07) is 10.2. The monoisotopic (exact) mass is 385 g/mol. The lowest BCUT2D eigenvalue weighted by Gasteiger charge is -2.42. The van der Waals surface area contributed by atoms with Crippen molar-refractivity contribution < 1.29 is 24.1 Å². The van der Waals surface area contributed by atoms with Crippen molar-refractivity contribution in [1.82, 2.24) is 4.90 Å². The van der Waals surface area contributed by atoms with Crippen LogP contribution in [0.15, 0.2) is 36.4 Å². The van der Waals surface area contributed by atoms with Gasteiger partial charge < -0.3 is 19.7 Å². The zero-order valence-corrected chi connectivity index (χ0v) is 15.6. The van der Waals surface area contributed by atoms with Crippen molar-refractivity contribution in [3.8, 4) is 11.5 Å². The van der Waals surface area contributed by atoms with Gasteiger partial charge in [0.05, 0.1) is 11.7 Å². The van der Waals surface area contributed by atoms with Gasteiger partial charge in [0.2, 0.25) is 0 Å². The highest BCUT2D eigenvalue weighted by molar-refractivity contribution is 5.50. The number of piperidine rings is 1. The topological polar surface area (TPSA) is 62.2 Å². The molecule has 1 saturated heterocycles. The Hall–Kier alpha value is -2.15. The number of hydrogen-bond donors (Lipinski definition) is 2. The first-order chi connectivity index (χ1) is 13.5. The minimum atomic E-state index is -0.981. The third kappa shape index (κ3) is 2.87. The van der Waals surface area contributed by atoms with Gasteiger partial charge in [-0.15, -0.1) is 0 Å². The molecule has 2 atom stereocenters. The van der Waals surface area contributed by atoms with Gasteiger partial charge in [0.25, 0.3) is 0 Å². The van der Waals surface area contributed by atoms with Gasteiger partial charge in [0, 0.05) is 24.7 Å². The molecule has 3 aliphatic rings. The molecule has 5 rings (SSSR count). The van der Waals surface area contributed by atoms with Gasteiger partial charge in [-0.3, -0.25) is 4.90 Å². The quantitative estimate of drug-likeness (QED) is 0.832. The Morgan fingerprint density at radius 3 is 2.68 bits per heavy atom. The standard InChI is InChI=1S/C22H24FNO4/c23-15-4-5-16-14(12-15)13-18(20(16)25)24-8-6-22(26,7-9-24)17-2-1-3-19-21(17)28-11-10-27-19/h1-5,12,18,20,25-26H,6-11,13H2/t18-,20-/m0/s1. The van der Waals surface area contributed by atoms with Crippen LogP contribution in [0.25, 0.3) is 0 Å². The zero-order valence-electron chi connectivity index (χ0n) is 15.6. The van der Waals surface area contributed by atoms with Gasteiger partial charge in [-0.25, -0.2) is 4.39 Å². The van der Waals surface area contributed by atoms with Crippen LogP contribution in [0.1, 0.15) is 35.6 Å². The zero-order chi connectivity index (χ0) is 19.3. The molecule has 0 amide bonds. The van der Waals surface area contributed by atoms with E-state index in [-0.39, 0.29) is 11.9 Å². The molecule has 28 heavy (non-hydrogen) atoms. The van der Waals surface area contributed by atoms with Crippen molar-refractivity contribution in [2.75, 3.05) is 26.3 Å². The summed E-state index contributed by atoms with van der Waals surface area (Å²) >= 11 is 0. The van der Waals surface area contributed by atoms with Gasteiger partial charge in [-0.05, 0) is 48.6 Å². The van der Waals surface area contributed by atoms with Crippen molar-refractivity contribution in [2.24, 2.45) is 0 Å². The lowest BCUT2D eigenvalue weighted by molar-refractivity contribution is -0.0522. The van der Waals surface area contributed by atoms with E-state index in [9.17, 15) is 14.6 Å². The summed E-state index contributed by atoms with van der Waals surface area (Å²) in [6.07, 6.45) is 1.09. The van der Waals surface area contributed by atoms with Crippen LogP contribution in [0.2, 0.25) is 0 Å². The number of benzene rings is 2. The number of rotatable bonds is 2. The number of ether oxygens (including phenoxy) is 2.